The summed E-state index contributed by atoms with van der Waals surface area (Å²) >= 11 is 0. The van der Waals surface area contributed by atoms with Gasteiger partial charge in [-0.05, 0) is 30.9 Å². The van der Waals surface area contributed by atoms with Gasteiger partial charge in [-0.15, -0.1) is 0 Å². The maximum atomic E-state index is 11.5. The second kappa shape index (κ2) is 6.24. The topological polar surface area (TPSA) is 26.3 Å². The molecule has 92 valence electrons. The van der Waals surface area contributed by atoms with Crippen molar-refractivity contribution in [1.82, 2.24) is 0 Å². The number of aryl methyl sites for hydroxylation is 1. The van der Waals surface area contributed by atoms with Gasteiger partial charge in [0, 0.05) is 6.08 Å². The Hall–Kier alpha value is -1.57. The van der Waals surface area contributed by atoms with Crippen LogP contribution in [0.2, 0.25) is 0 Å². The van der Waals surface area contributed by atoms with Gasteiger partial charge in [-0.25, -0.2) is 4.79 Å². The van der Waals surface area contributed by atoms with Gasteiger partial charge in [0.25, 0.3) is 0 Å². The summed E-state index contributed by atoms with van der Waals surface area (Å²) in [6.45, 7) is 8.42. The molecule has 0 spiro atoms. The SMILES string of the molecule is CCOC(=O)C=C(c1ccc(C)cc1)C(C)C. The Bertz CT molecular complexity index is 399. The highest BCUT2D eigenvalue weighted by molar-refractivity contribution is 5.91. The predicted octanol–water partition coefficient (Wildman–Crippen LogP) is 3.60. The van der Waals surface area contributed by atoms with E-state index in [0.29, 0.717) is 12.5 Å². The quantitative estimate of drug-likeness (QED) is 0.585. The molecular formula is C15H20O2. The highest BCUT2D eigenvalue weighted by atomic mass is 16.5. The van der Waals surface area contributed by atoms with Gasteiger partial charge in [-0.2, -0.15) is 0 Å². The third-order valence-electron chi connectivity index (χ3n) is 2.57. The molecule has 2 nitrogen and oxygen atoms in total. The van der Waals surface area contributed by atoms with E-state index < -0.39 is 0 Å². The first-order valence-electron chi connectivity index (χ1n) is 6.00. The number of carbonyl (C=O) groups excluding carboxylic acids is 1. The summed E-state index contributed by atoms with van der Waals surface area (Å²) in [6, 6.07) is 8.19. The van der Waals surface area contributed by atoms with Crippen LogP contribution in [-0.2, 0) is 9.53 Å². The van der Waals surface area contributed by atoms with E-state index in [2.05, 4.69) is 26.0 Å². The Balaban J connectivity index is 3.01. The molecule has 0 aliphatic rings. The number of benzene rings is 1. The molecule has 0 fully saturated rings. The zero-order valence-corrected chi connectivity index (χ0v) is 11.0. The third kappa shape index (κ3) is 4.06. The van der Waals surface area contributed by atoms with E-state index in [1.807, 2.05) is 26.0 Å². The van der Waals surface area contributed by atoms with Gasteiger partial charge in [-0.3, -0.25) is 0 Å². The highest BCUT2D eigenvalue weighted by Gasteiger charge is 2.09. The molecule has 0 N–H and O–H groups in total. The van der Waals surface area contributed by atoms with Crippen molar-refractivity contribution < 1.29 is 9.53 Å². The van der Waals surface area contributed by atoms with Crippen LogP contribution in [0, 0.1) is 12.8 Å². The standard InChI is InChI=1S/C15H20O2/c1-5-17-15(16)10-14(11(2)3)13-8-6-12(4)7-9-13/h6-11H,5H2,1-4H3. The first-order chi connectivity index (χ1) is 8.04. The van der Waals surface area contributed by atoms with Crippen LogP contribution in [0.1, 0.15) is 31.9 Å². The van der Waals surface area contributed by atoms with Gasteiger partial charge < -0.3 is 4.74 Å². The largest absolute Gasteiger partial charge is 0.463 e. The first-order valence-corrected chi connectivity index (χ1v) is 6.00. The molecule has 17 heavy (non-hydrogen) atoms. The number of allylic oxidation sites excluding steroid dienone is 1. The molecule has 0 aliphatic carbocycles. The van der Waals surface area contributed by atoms with Gasteiger partial charge in [-0.1, -0.05) is 43.7 Å². The number of carbonyl (C=O) groups is 1. The monoisotopic (exact) mass is 232 g/mol. The van der Waals surface area contributed by atoms with Crippen LogP contribution in [0.15, 0.2) is 30.3 Å². The maximum absolute atomic E-state index is 11.5. The van der Waals surface area contributed by atoms with E-state index in [1.54, 1.807) is 6.08 Å². The summed E-state index contributed by atoms with van der Waals surface area (Å²) in [5, 5.41) is 0. The fourth-order valence-electron chi connectivity index (χ4n) is 1.64. The van der Waals surface area contributed by atoms with Crippen molar-refractivity contribution in [3.05, 3.63) is 41.5 Å². The number of hydrogen-bond acceptors (Lipinski definition) is 2. The van der Waals surface area contributed by atoms with Gasteiger partial charge in [0.2, 0.25) is 0 Å². The second-order valence-electron chi connectivity index (χ2n) is 4.37. The van der Waals surface area contributed by atoms with Crippen LogP contribution in [0.3, 0.4) is 0 Å². The fraction of sp³-hybridized carbons (Fsp3) is 0.400. The van der Waals surface area contributed by atoms with E-state index >= 15 is 0 Å². The normalized spacial score (nSPS) is 11.7. The smallest absolute Gasteiger partial charge is 0.331 e. The number of hydrogen-bond donors (Lipinski definition) is 0. The minimum Gasteiger partial charge on any atom is -0.463 e. The first kappa shape index (κ1) is 13.5. The Morgan fingerprint density at radius 1 is 1.29 bits per heavy atom. The molecule has 0 unspecified atom stereocenters. The molecule has 0 amide bonds. The Labute approximate surface area is 103 Å². The molecule has 0 aromatic heterocycles. The van der Waals surface area contributed by atoms with E-state index in [-0.39, 0.29) is 5.97 Å². The molecule has 0 atom stereocenters. The van der Waals surface area contributed by atoms with Crippen molar-refractivity contribution in [2.24, 2.45) is 5.92 Å². The van der Waals surface area contributed by atoms with Crippen LogP contribution in [-0.4, -0.2) is 12.6 Å². The summed E-state index contributed by atoms with van der Waals surface area (Å²) in [5.74, 6) is 0.0267. The molecular weight excluding hydrogens is 212 g/mol. The van der Waals surface area contributed by atoms with Crippen molar-refractivity contribution in [3.8, 4) is 0 Å². The van der Waals surface area contributed by atoms with Crippen LogP contribution in [0.5, 0.6) is 0 Å². The number of rotatable bonds is 4. The van der Waals surface area contributed by atoms with Gasteiger partial charge >= 0.3 is 5.97 Å². The van der Waals surface area contributed by atoms with Crippen LogP contribution in [0.4, 0.5) is 0 Å². The summed E-state index contributed by atoms with van der Waals surface area (Å²) in [7, 11) is 0. The van der Waals surface area contributed by atoms with Crippen molar-refractivity contribution in [2.75, 3.05) is 6.61 Å². The third-order valence-corrected chi connectivity index (χ3v) is 2.57. The Morgan fingerprint density at radius 2 is 1.88 bits per heavy atom. The van der Waals surface area contributed by atoms with E-state index in [1.165, 1.54) is 5.56 Å². The minimum absolute atomic E-state index is 0.267. The van der Waals surface area contributed by atoms with Gasteiger partial charge in [0.1, 0.15) is 0 Å². The van der Waals surface area contributed by atoms with Crippen molar-refractivity contribution >= 4 is 11.5 Å². The minimum atomic E-state index is -0.267. The van der Waals surface area contributed by atoms with Crippen LogP contribution in [0.25, 0.3) is 5.57 Å². The average Bonchev–Trinajstić information content (AvgIpc) is 2.27. The van der Waals surface area contributed by atoms with Crippen molar-refractivity contribution in [1.29, 1.82) is 0 Å². The van der Waals surface area contributed by atoms with Crippen molar-refractivity contribution in [2.45, 2.75) is 27.7 Å². The molecule has 0 bridgehead atoms. The molecule has 0 saturated carbocycles. The number of ether oxygens (including phenoxy) is 1. The lowest BCUT2D eigenvalue weighted by Gasteiger charge is -2.12. The van der Waals surface area contributed by atoms with E-state index in [0.717, 1.165) is 11.1 Å². The highest BCUT2D eigenvalue weighted by Crippen LogP contribution is 2.23. The van der Waals surface area contributed by atoms with Gasteiger partial charge in [0.15, 0.2) is 0 Å². The molecule has 0 radical (unpaired) electrons. The fourth-order valence-corrected chi connectivity index (χ4v) is 1.64. The molecule has 0 aliphatic heterocycles. The average molecular weight is 232 g/mol. The van der Waals surface area contributed by atoms with E-state index in [9.17, 15) is 4.79 Å². The summed E-state index contributed by atoms with van der Waals surface area (Å²) in [5.41, 5.74) is 3.31. The molecule has 1 aromatic carbocycles. The zero-order chi connectivity index (χ0) is 12.8. The summed E-state index contributed by atoms with van der Waals surface area (Å²) in [4.78, 5) is 11.5. The molecule has 1 rings (SSSR count). The molecule has 0 heterocycles. The molecule has 0 saturated heterocycles. The molecule has 1 aromatic rings. The van der Waals surface area contributed by atoms with Crippen LogP contribution >= 0.6 is 0 Å². The molecule has 2 heteroatoms. The Kier molecular flexibility index (Phi) is 4.95. The summed E-state index contributed by atoms with van der Waals surface area (Å²) < 4.78 is 4.95. The number of esters is 1. The van der Waals surface area contributed by atoms with Gasteiger partial charge in [0.05, 0.1) is 6.61 Å². The second-order valence-corrected chi connectivity index (χ2v) is 4.37. The van der Waals surface area contributed by atoms with Crippen LogP contribution < -0.4 is 0 Å². The maximum Gasteiger partial charge on any atom is 0.331 e. The Morgan fingerprint density at radius 3 is 2.35 bits per heavy atom. The van der Waals surface area contributed by atoms with Crippen molar-refractivity contribution in [3.63, 3.8) is 0 Å². The lowest BCUT2D eigenvalue weighted by atomic mass is 9.94. The van der Waals surface area contributed by atoms with E-state index in [4.69, 9.17) is 4.74 Å². The predicted molar refractivity (Wildman–Crippen MR) is 70.6 cm³/mol. The summed E-state index contributed by atoms with van der Waals surface area (Å²) in [6.07, 6.45) is 1.60. The lowest BCUT2D eigenvalue weighted by Crippen LogP contribution is -2.03. The zero-order valence-electron chi connectivity index (χ0n) is 11.0. The lowest BCUT2D eigenvalue weighted by molar-refractivity contribution is -0.137.